The van der Waals surface area contributed by atoms with Crippen molar-refractivity contribution in [3.8, 4) is 5.75 Å². The van der Waals surface area contributed by atoms with Crippen LogP contribution < -0.4 is 10.1 Å². The molecule has 0 aromatic heterocycles. The first-order valence-electron chi connectivity index (χ1n) is 10.6. The quantitative estimate of drug-likeness (QED) is 0.504. The van der Waals surface area contributed by atoms with E-state index in [1.54, 1.807) is 19.1 Å². The first kappa shape index (κ1) is 23.5. The van der Waals surface area contributed by atoms with Crippen molar-refractivity contribution in [3.05, 3.63) is 96.1 Å². The van der Waals surface area contributed by atoms with Crippen LogP contribution in [0.2, 0.25) is 0 Å². The Morgan fingerprint density at radius 1 is 0.875 bits per heavy atom. The highest BCUT2D eigenvalue weighted by molar-refractivity contribution is 7.89. The largest absolute Gasteiger partial charge is 0.494 e. The molecule has 0 aliphatic heterocycles. The predicted octanol–water partition coefficient (Wildman–Crippen LogP) is 4.00. The Labute approximate surface area is 189 Å². The van der Waals surface area contributed by atoms with Gasteiger partial charge in [0.2, 0.25) is 15.9 Å². The Morgan fingerprint density at radius 2 is 1.41 bits per heavy atom. The second-order valence-electron chi connectivity index (χ2n) is 7.16. The van der Waals surface area contributed by atoms with E-state index in [4.69, 9.17) is 4.74 Å². The van der Waals surface area contributed by atoms with E-state index in [2.05, 4.69) is 5.32 Å². The third-order valence-corrected chi connectivity index (χ3v) is 6.95. The summed E-state index contributed by atoms with van der Waals surface area (Å²) in [5.74, 6) is 0.222. The molecular formula is C25H28N2O4S. The van der Waals surface area contributed by atoms with Gasteiger partial charge in [-0.3, -0.25) is 4.79 Å². The molecule has 0 bridgehead atoms. The number of nitrogens with one attached hydrogen (secondary N) is 1. The first-order chi connectivity index (χ1) is 15.5. The van der Waals surface area contributed by atoms with Crippen LogP contribution in [0, 0.1) is 0 Å². The van der Waals surface area contributed by atoms with Gasteiger partial charge >= 0.3 is 0 Å². The molecular weight excluding hydrogens is 424 g/mol. The zero-order chi connectivity index (χ0) is 23.0. The lowest BCUT2D eigenvalue weighted by molar-refractivity contribution is -0.121. The molecule has 3 rings (SSSR count). The van der Waals surface area contributed by atoms with Crippen LogP contribution in [0.5, 0.6) is 5.75 Å². The normalized spacial score (nSPS) is 11.5. The molecule has 3 aromatic rings. The van der Waals surface area contributed by atoms with Crippen molar-refractivity contribution in [1.29, 1.82) is 0 Å². The van der Waals surface area contributed by atoms with Crippen LogP contribution in [0.25, 0.3) is 0 Å². The highest BCUT2D eigenvalue weighted by Gasteiger charge is 2.26. The SMILES string of the molecule is CCOc1ccc(S(=O)(=O)N(CC)CC(=O)NC(c2ccccc2)c2ccccc2)cc1. The van der Waals surface area contributed by atoms with Gasteiger partial charge in [-0.05, 0) is 42.3 Å². The van der Waals surface area contributed by atoms with E-state index >= 15 is 0 Å². The van der Waals surface area contributed by atoms with Gasteiger partial charge in [0.15, 0.2) is 0 Å². The molecule has 1 amide bonds. The van der Waals surface area contributed by atoms with Crippen LogP contribution in [0.1, 0.15) is 31.0 Å². The molecule has 168 valence electrons. The molecule has 0 aliphatic rings. The molecule has 32 heavy (non-hydrogen) atoms. The molecule has 0 aliphatic carbocycles. The number of benzene rings is 3. The molecule has 0 heterocycles. The van der Waals surface area contributed by atoms with E-state index in [1.807, 2.05) is 67.6 Å². The molecule has 0 radical (unpaired) electrons. The van der Waals surface area contributed by atoms with E-state index in [-0.39, 0.29) is 29.9 Å². The summed E-state index contributed by atoms with van der Waals surface area (Å²) in [4.78, 5) is 13.1. The molecule has 1 N–H and O–H groups in total. The zero-order valence-electron chi connectivity index (χ0n) is 18.3. The fraction of sp³-hybridized carbons (Fsp3) is 0.240. The maximum atomic E-state index is 13.1. The van der Waals surface area contributed by atoms with Gasteiger partial charge in [0, 0.05) is 6.54 Å². The number of sulfonamides is 1. The van der Waals surface area contributed by atoms with E-state index in [9.17, 15) is 13.2 Å². The van der Waals surface area contributed by atoms with E-state index in [0.29, 0.717) is 12.4 Å². The van der Waals surface area contributed by atoms with Crippen LogP contribution >= 0.6 is 0 Å². The Morgan fingerprint density at radius 3 is 1.88 bits per heavy atom. The smallest absolute Gasteiger partial charge is 0.243 e. The average Bonchev–Trinajstić information content (AvgIpc) is 2.82. The topological polar surface area (TPSA) is 75.7 Å². The molecule has 0 fully saturated rings. The average molecular weight is 453 g/mol. The van der Waals surface area contributed by atoms with Crippen LogP contribution in [-0.4, -0.2) is 38.3 Å². The lowest BCUT2D eigenvalue weighted by atomic mass is 9.99. The van der Waals surface area contributed by atoms with Gasteiger partial charge in [0.1, 0.15) is 5.75 Å². The lowest BCUT2D eigenvalue weighted by Crippen LogP contribution is -2.42. The van der Waals surface area contributed by atoms with Crippen LogP contribution in [-0.2, 0) is 14.8 Å². The summed E-state index contributed by atoms with van der Waals surface area (Å²) >= 11 is 0. The van der Waals surface area contributed by atoms with Gasteiger partial charge in [0.05, 0.1) is 24.1 Å². The highest BCUT2D eigenvalue weighted by atomic mass is 32.2. The highest BCUT2D eigenvalue weighted by Crippen LogP contribution is 2.23. The van der Waals surface area contributed by atoms with E-state index in [1.165, 1.54) is 16.4 Å². The fourth-order valence-corrected chi connectivity index (χ4v) is 4.81. The number of carbonyl (C=O) groups excluding carboxylic acids is 1. The Kier molecular flexibility index (Phi) is 8.03. The van der Waals surface area contributed by atoms with Gasteiger partial charge in [0.25, 0.3) is 0 Å². The van der Waals surface area contributed by atoms with E-state index in [0.717, 1.165) is 11.1 Å². The maximum absolute atomic E-state index is 13.1. The number of hydrogen-bond donors (Lipinski definition) is 1. The first-order valence-corrected chi connectivity index (χ1v) is 12.0. The van der Waals surface area contributed by atoms with Crippen molar-refractivity contribution in [2.45, 2.75) is 24.8 Å². The van der Waals surface area contributed by atoms with Crippen molar-refractivity contribution in [1.82, 2.24) is 9.62 Å². The third kappa shape index (κ3) is 5.75. The summed E-state index contributed by atoms with van der Waals surface area (Å²) in [6, 6.07) is 25.1. The molecule has 7 heteroatoms. The van der Waals surface area contributed by atoms with Gasteiger partial charge in [-0.15, -0.1) is 0 Å². The standard InChI is InChI=1S/C25H28N2O4S/c1-3-27(32(29,30)23-17-15-22(16-18-23)31-4-2)19-24(28)26-25(20-11-7-5-8-12-20)21-13-9-6-10-14-21/h5-18,25H,3-4,19H2,1-2H3,(H,26,28). The zero-order valence-corrected chi connectivity index (χ0v) is 19.1. The summed E-state index contributed by atoms with van der Waals surface area (Å²) in [5.41, 5.74) is 1.84. The molecule has 0 spiro atoms. The molecule has 0 saturated heterocycles. The lowest BCUT2D eigenvalue weighted by Gasteiger charge is -2.24. The maximum Gasteiger partial charge on any atom is 0.243 e. The van der Waals surface area contributed by atoms with Crippen LogP contribution in [0.4, 0.5) is 0 Å². The number of carbonyl (C=O) groups is 1. The number of ether oxygens (including phenoxy) is 1. The molecule has 6 nitrogen and oxygen atoms in total. The number of rotatable bonds is 10. The van der Waals surface area contributed by atoms with Crippen molar-refractivity contribution in [2.24, 2.45) is 0 Å². The van der Waals surface area contributed by atoms with Gasteiger partial charge < -0.3 is 10.1 Å². The van der Waals surface area contributed by atoms with Crippen molar-refractivity contribution in [3.63, 3.8) is 0 Å². The third-order valence-electron chi connectivity index (χ3n) is 5.02. The van der Waals surface area contributed by atoms with Crippen molar-refractivity contribution in [2.75, 3.05) is 19.7 Å². The van der Waals surface area contributed by atoms with Crippen LogP contribution in [0.15, 0.2) is 89.8 Å². The molecule has 0 saturated carbocycles. The van der Waals surface area contributed by atoms with Crippen molar-refractivity contribution >= 4 is 15.9 Å². The van der Waals surface area contributed by atoms with Gasteiger partial charge in [-0.25, -0.2) is 8.42 Å². The predicted molar refractivity (Wildman–Crippen MR) is 125 cm³/mol. The van der Waals surface area contributed by atoms with Crippen LogP contribution in [0.3, 0.4) is 0 Å². The minimum Gasteiger partial charge on any atom is -0.494 e. The van der Waals surface area contributed by atoms with E-state index < -0.39 is 10.0 Å². The Hall–Kier alpha value is -3.16. The van der Waals surface area contributed by atoms with Gasteiger partial charge in [-0.2, -0.15) is 4.31 Å². The summed E-state index contributed by atoms with van der Waals surface area (Å²) in [6.07, 6.45) is 0. The summed E-state index contributed by atoms with van der Waals surface area (Å²) in [7, 11) is -3.83. The second-order valence-corrected chi connectivity index (χ2v) is 9.10. The molecule has 0 unspecified atom stereocenters. The Bertz CT molecular complexity index is 1060. The number of amides is 1. The second kappa shape index (κ2) is 10.9. The number of hydrogen-bond acceptors (Lipinski definition) is 4. The van der Waals surface area contributed by atoms with Crippen molar-refractivity contribution < 1.29 is 17.9 Å². The number of likely N-dealkylation sites (N-methyl/N-ethyl adjacent to an activating group) is 1. The summed E-state index contributed by atoms with van der Waals surface area (Å²) in [6.45, 7) is 3.97. The molecule has 3 aromatic carbocycles. The minimum absolute atomic E-state index is 0.123. The fourth-order valence-electron chi connectivity index (χ4n) is 3.41. The minimum atomic E-state index is -3.83. The molecule has 0 atom stereocenters. The summed E-state index contributed by atoms with van der Waals surface area (Å²) in [5, 5.41) is 3.00. The van der Waals surface area contributed by atoms with Gasteiger partial charge in [-0.1, -0.05) is 67.6 Å². The Balaban J connectivity index is 1.78. The monoisotopic (exact) mass is 452 g/mol. The number of nitrogens with zero attached hydrogens (tertiary/aromatic N) is 1. The summed E-state index contributed by atoms with van der Waals surface area (Å²) < 4.78 is 32.7.